The lowest BCUT2D eigenvalue weighted by atomic mass is 9.83. The molecule has 1 aliphatic rings. The van der Waals surface area contributed by atoms with E-state index in [1.165, 1.54) is 83.7 Å². The van der Waals surface area contributed by atoms with Crippen LogP contribution < -0.4 is 5.32 Å². The molecule has 0 aromatic heterocycles. The number of unbranched alkanes of at least 4 members (excludes halogenated alkanes) is 6. The molecule has 1 N–H and O–H groups in total. The Bertz CT molecular complexity index is 160. The molecule has 1 heteroatoms. The highest BCUT2D eigenvalue weighted by Crippen LogP contribution is 2.29. The third-order valence-corrected chi connectivity index (χ3v) is 4.62. The van der Waals surface area contributed by atoms with Gasteiger partial charge in [0.15, 0.2) is 0 Å². The molecule has 1 nitrogen and oxygen atoms in total. The first kappa shape index (κ1) is 16.0. The lowest BCUT2D eigenvalue weighted by molar-refractivity contribution is 0.294. The molecule has 1 atom stereocenters. The topological polar surface area (TPSA) is 12.0 Å². The fourth-order valence-corrected chi connectivity index (χ4v) is 3.36. The molecule has 0 aromatic carbocycles. The van der Waals surface area contributed by atoms with Crippen LogP contribution in [-0.2, 0) is 0 Å². The first-order chi connectivity index (χ1) is 8.88. The predicted molar refractivity (Wildman–Crippen MR) is 82.0 cm³/mol. The van der Waals surface area contributed by atoms with Crippen LogP contribution in [-0.4, -0.2) is 13.1 Å². The lowest BCUT2D eigenvalue weighted by Gasteiger charge is -2.23. The summed E-state index contributed by atoms with van der Waals surface area (Å²) in [6.07, 6.45) is 15.9. The molecule has 1 aliphatic heterocycles. The van der Waals surface area contributed by atoms with Gasteiger partial charge in [-0.15, -0.1) is 0 Å². The van der Waals surface area contributed by atoms with Gasteiger partial charge in [-0.25, -0.2) is 0 Å². The van der Waals surface area contributed by atoms with Crippen LogP contribution in [0.5, 0.6) is 0 Å². The highest BCUT2D eigenvalue weighted by atomic mass is 14.9. The van der Waals surface area contributed by atoms with E-state index in [1.807, 2.05) is 0 Å². The van der Waals surface area contributed by atoms with Gasteiger partial charge < -0.3 is 5.32 Å². The van der Waals surface area contributed by atoms with Gasteiger partial charge in [0.2, 0.25) is 0 Å². The molecule has 1 saturated heterocycles. The first-order valence-corrected chi connectivity index (χ1v) is 8.59. The predicted octanol–water partition coefficient (Wildman–Crippen LogP) is 5.15. The summed E-state index contributed by atoms with van der Waals surface area (Å²) in [7, 11) is 0. The van der Waals surface area contributed by atoms with E-state index in [0.717, 1.165) is 11.8 Å². The summed E-state index contributed by atoms with van der Waals surface area (Å²) in [5.41, 5.74) is 0. The van der Waals surface area contributed by atoms with Gasteiger partial charge in [-0.3, -0.25) is 0 Å². The molecule has 0 aliphatic carbocycles. The smallest absolute Gasteiger partial charge is 0.00174 e. The summed E-state index contributed by atoms with van der Waals surface area (Å²) in [6.45, 7) is 7.18. The highest BCUT2D eigenvalue weighted by molar-refractivity contribution is 4.78. The fourth-order valence-electron chi connectivity index (χ4n) is 3.36. The summed E-state index contributed by atoms with van der Waals surface area (Å²) >= 11 is 0. The molecule has 18 heavy (non-hydrogen) atoms. The maximum atomic E-state index is 3.56. The molecule has 1 rings (SSSR count). The molecule has 1 heterocycles. The highest BCUT2D eigenvalue weighted by Gasteiger charge is 2.23. The van der Waals surface area contributed by atoms with Gasteiger partial charge in [0.25, 0.3) is 0 Å². The van der Waals surface area contributed by atoms with Crippen molar-refractivity contribution in [1.29, 1.82) is 0 Å². The number of rotatable bonds is 11. The Morgan fingerprint density at radius 1 is 0.889 bits per heavy atom. The number of nitrogens with one attached hydrogen (secondary N) is 1. The van der Waals surface area contributed by atoms with Gasteiger partial charge in [-0.1, -0.05) is 78.1 Å². The van der Waals surface area contributed by atoms with Crippen molar-refractivity contribution in [2.45, 2.75) is 84.5 Å². The second-order valence-electron chi connectivity index (χ2n) is 6.21. The van der Waals surface area contributed by atoms with E-state index in [9.17, 15) is 0 Å². The standard InChI is InChI=1S/C17H35N/c1-3-5-7-9-11-16(12-10-8-6-4-2)17-13-14-18-15-17/h16-18H,3-15H2,1-2H3/t17-/m1/s1. The van der Waals surface area contributed by atoms with Crippen molar-refractivity contribution in [2.75, 3.05) is 13.1 Å². The minimum Gasteiger partial charge on any atom is -0.316 e. The van der Waals surface area contributed by atoms with Crippen molar-refractivity contribution in [1.82, 2.24) is 5.32 Å². The molecule has 0 spiro atoms. The molecule has 0 bridgehead atoms. The first-order valence-electron chi connectivity index (χ1n) is 8.59. The van der Waals surface area contributed by atoms with Crippen LogP contribution in [0, 0.1) is 11.8 Å². The number of hydrogen-bond donors (Lipinski definition) is 1. The van der Waals surface area contributed by atoms with Crippen LogP contribution >= 0.6 is 0 Å². The fraction of sp³-hybridized carbons (Fsp3) is 1.00. The van der Waals surface area contributed by atoms with Crippen molar-refractivity contribution in [3.8, 4) is 0 Å². The average molecular weight is 253 g/mol. The summed E-state index contributed by atoms with van der Waals surface area (Å²) in [4.78, 5) is 0. The molecule has 0 unspecified atom stereocenters. The normalized spacial score (nSPS) is 19.8. The lowest BCUT2D eigenvalue weighted by Crippen LogP contribution is -2.18. The Hall–Kier alpha value is -0.0400. The van der Waals surface area contributed by atoms with E-state index in [1.54, 1.807) is 0 Å². The van der Waals surface area contributed by atoms with Crippen LogP contribution in [0.1, 0.15) is 84.5 Å². The van der Waals surface area contributed by atoms with Crippen LogP contribution in [0.4, 0.5) is 0 Å². The Morgan fingerprint density at radius 3 is 1.94 bits per heavy atom. The number of hydrogen-bond acceptors (Lipinski definition) is 1. The van der Waals surface area contributed by atoms with Gasteiger partial charge in [0.1, 0.15) is 0 Å². The maximum absolute atomic E-state index is 3.56. The van der Waals surface area contributed by atoms with E-state index in [2.05, 4.69) is 19.2 Å². The minimum atomic E-state index is 0.994. The van der Waals surface area contributed by atoms with Gasteiger partial charge in [0.05, 0.1) is 0 Å². The monoisotopic (exact) mass is 253 g/mol. The SMILES string of the molecule is CCCCCCC(CCCCCC)[C@@H]1CCNC1. The van der Waals surface area contributed by atoms with Crippen LogP contribution in [0.25, 0.3) is 0 Å². The van der Waals surface area contributed by atoms with E-state index < -0.39 is 0 Å². The Balaban J connectivity index is 2.18. The molecular formula is C17H35N. The third-order valence-electron chi connectivity index (χ3n) is 4.62. The summed E-state index contributed by atoms with van der Waals surface area (Å²) < 4.78 is 0. The van der Waals surface area contributed by atoms with E-state index in [0.29, 0.717) is 0 Å². The molecule has 0 aromatic rings. The average Bonchev–Trinajstić information content (AvgIpc) is 2.91. The quantitative estimate of drug-likeness (QED) is 0.502. The molecule has 0 radical (unpaired) electrons. The van der Waals surface area contributed by atoms with E-state index in [4.69, 9.17) is 0 Å². The van der Waals surface area contributed by atoms with E-state index in [-0.39, 0.29) is 0 Å². The van der Waals surface area contributed by atoms with Crippen molar-refractivity contribution in [3.05, 3.63) is 0 Å². The van der Waals surface area contributed by atoms with Crippen LogP contribution in [0.15, 0.2) is 0 Å². The largest absolute Gasteiger partial charge is 0.316 e. The van der Waals surface area contributed by atoms with Crippen LogP contribution in [0.2, 0.25) is 0 Å². The second-order valence-corrected chi connectivity index (χ2v) is 6.21. The van der Waals surface area contributed by atoms with E-state index >= 15 is 0 Å². The van der Waals surface area contributed by atoms with Crippen molar-refractivity contribution < 1.29 is 0 Å². The van der Waals surface area contributed by atoms with Gasteiger partial charge in [-0.2, -0.15) is 0 Å². The van der Waals surface area contributed by atoms with Crippen LogP contribution in [0.3, 0.4) is 0 Å². The molecule has 108 valence electrons. The molecule has 0 saturated carbocycles. The van der Waals surface area contributed by atoms with Crippen molar-refractivity contribution in [2.24, 2.45) is 11.8 Å². The van der Waals surface area contributed by atoms with Gasteiger partial charge in [0, 0.05) is 0 Å². The zero-order chi connectivity index (χ0) is 13.1. The van der Waals surface area contributed by atoms with Crippen molar-refractivity contribution in [3.63, 3.8) is 0 Å². The summed E-state index contributed by atoms with van der Waals surface area (Å²) in [6, 6.07) is 0. The Morgan fingerprint density at radius 2 is 1.50 bits per heavy atom. The minimum absolute atomic E-state index is 0.994. The van der Waals surface area contributed by atoms with Gasteiger partial charge in [-0.05, 0) is 31.3 Å². The Kier molecular flexibility index (Phi) is 9.65. The van der Waals surface area contributed by atoms with Gasteiger partial charge >= 0.3 is 0 Å². The molecule has 1 fully saturated rings. The Labute approximate surface area is 115 Å². The maximum Gasteiger partial charge on any atom is -0.00174 e. The second kappa shape index (κ2) is 10.8. The summed E-state index contributed by atoms with van der Waals surface area (Å²) in [5.74, 6) is 2.02. The molecule has 0 amide bonds. The summed E-state index contributed by atoms with van der Waals surface area (Å²) in [5, 5.41) is 3.56. The molecular weight excluding hydrogens is 218 g/mol. The zero-order valence-electron chi connectivity index (χ0n) is 12.8. The zero-order valence-corrected chi connectivity index (χ0v) is 12.8. The van der Waals surface area contributed by atoms with Crippen molar-refractivity contribution >= 4 is 0 Å². The third kappa shape index (κ3) is 6.78.